The van der Waals surface area contributed by atoms with E-state index in [0.29, 0.717) is 6.04 Å². The van der Waals surface area contributed by atoms with Crippen LogP contribution in [0.2, 0.25) is 0 Å². The third-order valence-electron chi connectivity index (χ3n) is 3.88. The summed E-state index contributed by atoms with van der Waals surface area (Å²) in [6, 6.07) is 7.36. The fourth-order valence-corrected chi connectivity index (χ4v) is 2.83. The van der Waals surface area contributed by atoms with Crippen molar-refractivity contribution < 1.29 is 4.74 Å². The second-order valence-corrected chi connectivity index (χ2v) is 5.62. The van der Waals surface area contributed by atoms with Crippen LogP contribution in [0.3, 0.4) is 0 Å². The highest BCUT2D eigenvalue weighted by Gasteiger charge is 2.19. The highest BCUT2D eigenvalue weighted by Crippen LogP contribution is 2.19. The first-order chi connectivity index (χ1) is 8.65. The van der Waals surface area contributed by atoms with Crippen LogP contribution in [0.1, 0.15) is 36.5 Å². The summed E-state index contributed by atoms with van der Waals surface area (Å²) in [5.41, 5.74) is 4.10. The summed E-state index contributed by atoms with van der Waals surface area (Å²) in [7, 11) is 0. The molecule has 1 atom stereocenters. The van der Waals surface area contributed by atoms with Crippen LogP contribution in [0, 0.1) is 19.8 Å². The molecule has 0 amide bonds. The summed E-state index contributed by atoms with van der Waals surface area (Å²) in [4.78, 5) is 0. The first kappa shape index (κ1) is 13.6. The van der Waals surface area contributed by atoms with Gasteiger partial charge in [0.05, 0.1) is 0 Å². The second-order valence-electron chi connectivity index (χ2n) is 5.62. The van der Waals surface area contributed by atoms with Crippen LogP contribution in [0.5, 0.6) is 0 Å². The van der Waals surface area contributed by atoms with Gasteiger partial charge in [0.1, 0.15) is 0 Å². The molecule has 18 heavy (non-hydrogen) atoms. The first-order valence-corrected chi connectivity index (χ1v) is 7.03. The van der Waals surface area contributed by atoms with Crippen LogP contribution in [-0.4, -0.2) is 19.3 Å². The van der Waals surface area contributed by atoms with Crippen molar-refractivity contribution in [1.29, 1.82) is 0 Å². The average Bonchev–Trinajstić information content (AvgIpc) is 2.36. The number of hydrogen-bond donors (Lipinski definition) is 1. The zero-order valence-electron chi connectivity index (χ0n) is 11.8. The molecule has 2 heteroatoms. The first-order valence-electron chi connectivity index (χ1n) is 7.03. The van der Waals surface area contributed by atoms with E-state index >= 15 is 0 Å². The monoisotopic (exact) mass is 247 g/mol. The van der Waals surface area contributed by atoms with Crippen molar-refractivity contribution in [3.05, 3.63) is 34.9 Å². The number of rotatable bonds is 4. The molecule has 2 nitrogen and oxygen atoms in total. The van der Waals surface area contributed by atoms with Gasteiger partial charge in [-0.15, -0.1) is 0 Å². The lowest BCUT2D eigenvalue weighted by Gasteiger charge is -2.28. The number of hydrogen-bond acceptors (Lipinski definition) is 2. The predicted octanol–water partition coefficient (Wildman–Crippen LogP) is 3.21. The third kappa shape index (κ3) is 3.82. The fourth-order valence-electron chi connectivity index (χ4n) is 2.83. The number of ether oxygens (including phenoxy) is 1. The Hall–Kier alpha value is -0.860. The molecule has 0 radical (unpaired) electrons. The molecule has 1 N–H and O–H groups in total. The molecule has 2 rings (SSSR count). The molecule has 0 spiro atoms. The molecule has 100 valence electrons. The van der Waals surface area contributed by atoms with Crippen molar-refractivity contribution in [3.63, 3.8) is 0 Å². The summed E-state index contributed by atoms with van der Waals surface area (Å²) in [5, 5.41) is 3.67. The van der Waals surface area contributed by atoms with E-state index in [0.717, 1.165) is 25.7 Å². The number of aryl methyl sites for hydroxylation is 2. The molecule has 1 fully saturated rings. The zero-order valence-corrected chi connectivity index (χ0v) is 11.8. The highest BCUT2D eigenvalue weighted by molar-refractivity contribution is 5.28. The standard InChI is InChI=1S/C16H25NO/c1-12-8-13(2)10-15(9-12)11-17-14(3)16-4-6-18-7-5-16/h8-10,14,16-17H,4-7,11H2,1-3H3. The van der Waals surface area contributed by atoms with Gasteiger partial charge >= 0.3 is 0 Å². The van der Waals surface area contributed by atoms with E-state index in [1.807, 2.05) is 0 Å². The van der Waals surface area contributed by atoms with Crippen LogP contribution in [-0.2, 0) is 11.3 Å². The van der Waals surface area contributed by atoms with Gasteiger partial charge < -0.3 is 10.1 Å². The Balaban J connectivity index is 1.86. The molecule has 0 saturated carbocycles. The number of benzene rings is 1. The Morgan fingerprint density at radius 1 is 1.17 bits per heavy atom. The molecule has 1 aliphatic rings. The predicted molar refractivity (Wildman–Crippen MR) is 75.8 cm³/mol. The van der Waals surface area contributed by atoms with Gasteiger partial charge in [-0.2, -0.15) is 0 Å². The quantitative estimate of drug-likeness (QED) is 0.882. The maximum Gasteiger partial charge on any atom is 0.0469 e. The Labute approximate surface area is 111 Å². The summed E-state index contributed by atoms with van der Waals surface area (Å²) < 4.78 is 5.42. The van der Waals surface area contributed by atoms with Crippen molar-refractivity contribution in [1.82, 2.24) is 5.32 Å². The van der Waals surface area contributed by atoms with Gasteiger partial charge in [-0.1, -0.05) is 29.3 Å². The lowest BCUT2D eigenvalue weighted by molar-refractivity contribution is 0.0558. The lowest BCUT2D eigenvalue weighted by atomic mass is 9.93. The topological polar surface area (TPSA) is 21.3 Å². The van der Waals surface area contributed by atoms with Crippen LogP contribution in [0.15, 0.2) is 18.2 Å². The van der Waals surface area contributed by atoms with E-state index < -0.39 is 0 Å². The van der Waals surface area contributed by atoms with Crippen molar-refractivity contribution in [2.24, 2.45) is 5.92 Å². The van der Waals surface area contributed by atoms with E-state index in [1.165, 1.54) is 29.5 Å². The third-order valence-corrected chi connectivity index (χ3v) is 3.88. The average molecular weight is 247 g/mol. The summed E-state index contributed by atoms with van der Waals surface area (Å²) in [6.45, 7) is 9.47. The molecule has 1 aromatic rings. The molecule has 0 aromatic heterocycles. The van der Waals surface area contributed by atoms with E-state index in [1.54, 1.807) is 0 Å². The molecular weight excluding hydrogens is 222 g/mol. The van der Waals surface area contributed by atoms with Crippen LogP contribution in [0.25, 0.3) is 0 Å². The van der Waals surface area contributed by atoms with Crippen molar-refractivity contribution in [2.75, 3.05) is 13.2 Å². The maximum absolute atomic E-state index is 5.42. The van der Waals surface area contributed by atoms with E-state index in [4.69, 9.17) is 4.74 Å². The van der Waals surface area contributed by atoms with Gasteiger partial charge in [0.25, 0.3) is 0 Å². The Morgan fingerprint density at radius 3 is 2.39 bits per heavy atom. The van der Waals surface area contributed by atoms with E-state index in [-0.39, 0.29) is 0 Å². The summed E-state index contributed by atoms with van der Waals surface area (Å²) >= 11 is 0. The van der Waals surface area contributed by atoms with E-state index in [9.17, 15) is 0 Å². The molecule has 1 heterocycles. The molecule has 1 unspecified atom stereocenters. The minimum absolute atomic E-state index is 0.578. The summed E-state index contributed by atoms with van der Waals surface area (Å²) in [6.07, 6.45) is 2.39. The SMILES string of the molecule is Cc1cc(C)cc(CNC(C)C2CCOCC2)c1. The minimum atomic E-state index is 0.578. The second kappa shape index (κ2) is 6.35. The molecular formula is C16H25NO. The van der Waals surface area contributed by atoms with Crippen molar-refractivity contribution in [2.45, 2.75) is 46.2 Å². The largest absolute Gasteiger partial charge is 0.381 e. The zero-order chi connectivity index (χ0) is 13.0. The molecule has 1 saturated heterocycles. The van der Waals surface area contributed by atoms with Crippen LogP contribution < -0.4 is 5.32 Å². The minimum Gasteiger partial charge on any atom is -0.381 e. The van der Waals surface area contributed by atoms with Gasteiger partial charge in [-0.05, 0) is 45.1 Å². The smallest absolute Gasteiger partial charge is 0.0469 e. The summed E-state index contributed by atoms with van der Waals surface area (Å²) in [5.74, 6) is 0.768. The van der Waals surface area contributed by atoms with E-state index in [2.05, 4.69) is 44.3 Å². The molecule has 0 bridgehead atoms. The highest BCUT2D eigenvalue weighted by atomic mass is 16.5. The van der Waals surface area contributed by atoms with Gasteiger partial charge in [-0.3, -0.25) is 0 Å². The Kier molecular flexibility index (Phi) is 4.79. The van der Waals surface area contributed by atoms with Gasteiger partial charge in [0.15, 0.2) is 0 Å². The molecule has 1 aromatic carbocycles. The molecule has 1 aliphatic heterocycles. The van der Waals surface area contributed by atoms with Gasteiger partial charge in [0, 0.05) is 25.8 Å². The lowest BCUT2D eigenvalue weighted by Crippen LogP contribution is -2.36. The Bertz CT molecular complexity index is 362. The fraction of sp³-hybridized carbons (Fsp3) is 0.625. The van der Waals surface area contributed by atoms with Gasteiger partial charge in [0.2, 0.25) is 0 Å². The normalized spacial score (nSPS) is 18.8. The van der Waals surface area contributed by atoms with Crippen LogP contribution >= 0.6 is 0 Å². The van der Waals surface area contributed by atoms with Crippen molar-refractivity contribution >= 4 is 0 Å². The van der Waals surface area contributed by atoms with Crippen molar-refractivity contribution in [3.8, 4) is 0 Å². The van der Waals surface area contributed by atoms with Gasteiger partial charge in [-0.25, -0.2) is 0 Å². The molecule has 0 aliphatic carbocycles. The maximum atomic E-state index is 5.42. The Morgan fingerprint density at radius 2 is 1.78 bits per heavy atom. The van der Waals surface area contributed by atoms with Crippen LogP contribution in [0.4, 0.5) is 0 Å². The number of nitrogens with one attached hydrogen (secondary N) is 1.